The van der Waals surface area contributed by atoms with E-state index in [1.54, 1.807) is 0 Å². The lowest BCUT2D eigenvalue weighted by molar-refractivity contribution is -0.903. The summed E-state index contributed by atoms with van der Waals surface area (Å²) >= 11 is 0. The van der Waals surface area contributed by atoms with Crippen LogP contribution < -0.4 is 14.5 Å². The lowest BCUT2D eigenvalue weighted by Gasteiger charge is -2.34. The number of para-hydroxylation sites is 1. The van der Waals surface area contributed by atoms with Gasteiger partial charge in [0.15, 0.2) is 0 Å². The highest BCUT2D eigenvalue weighted by Gasteiger charge is 2.24. The van der Waals surface area contributed by atoms with Crippen LogP contribution in [0.15, 0.2) is 48.5 Å². The molecule has 4 nitrogen and oxygen atoms in total. The molecule has 2 aromatic rings. The maximum atomic E-state index is 13.1. The predicted octanol–water partition coefficient (Wildman–Crippen LogP) is 2.27. The van der Waals surface area contributed by atoms with E-state index in [9.17, 15) is 9.50 Å². The third-order valence-electron chi connectivity index (χ3n) is 5.31. The van der Waals surface area contributed by atoms with Gasteiger partial charge in [0.05, 0.1) is 26.2 Å². The molecule has 0 bridgehead atoms. The van der Waals surface area contributed by atoms with E-state index in [2.05, 4.69) is 31.7 Å². The molecule has 0 saturated carbocycles. The molecule has 152 valence electrons. The Hall–Kier alpha value is -2.11. The molecule has 1 fully saturated rings. The minimum absolute atomic E-state index is 0.00345. The summed E-state index contributed by atoms with van der Waals surface area (Å²) in [6.07, 6.45) is -0.500. The minimum atomic E-state index is -0.500. The monoisotopic (exact) mass is 387 g/mol. The molecule has 1 saturated heterocycles. The van der Waals surface area contributed by atoms with Gasteiger partial charge in [0.2, 0.25) is 0 Å². The van der Waals surface area contributed by atoms with Gasteiger partial charge in [-0.05, 0) is 41.3 Å². The summed E-state index contributed by atoms with van der Waals surface area (Å²) in [6.45, 7) is 11.2. The van der Waals surface area contributed by atoms with Crippen LogP contribution in [-0.4, -0.2) is 50.5 Å². The van der Waals surface area contributed by atoms with E-state index in [0.717, 1.165) is 43.2 Å². The Bertz CT molecular complexity index is 750. The van der Waals surface area contributed by atoms with Crippen molar-refractivity contribution in [3.8, 4) is 5.75 Å². The summed E-state index contributed by atoms with van der Waals surface area (Å²) in [5, 5.41) is 10.5. The first-order valence-electron chi connectivity index (χ1n) is 10.1. The number of nitrogens with one attached hydrogen (secondary N) is 1. The van der Waals surface area contributed by atoms with Crippen molar-refractivity contribution in [2.24, 2.45) is 0 Å². The molecule has 1 aliphatic heterocycles. The minimum Gasteiger partial charge on any atom is -0.490 e. The SMILES string of the molecule is CC(C)(C)c1ccccc1OC[C@@H](O)C[NH+]1CCN(c2ccc(F)cc2)CC1. The Morgan fingerprint density at radius 2 is 1.71 bits per heavy atom. The van der Waals surface area contributed by atoms with Crippen LogP contribution in [0.1, 0.15) is 26.3 Å². The van der Waals surface area contributed by atoms with Gasteiger partial charge in [-0.1, -0.05) is 39.0 Å². The molecule has 1 atom stereocenters. The van der Waals surface area contributed by atoms with E-state index in [1.165, 1.54) is 17.0 Å². The van der Waals surface area contributed by atoms with Gasteiger partial charge < -0.3 is 19.6 Å². The second-order valence-corrected chi connectivity index (χ2v) is 8.63. The van der Waals surface area contributed by atoms with Gasteiger partial charge >= 0.3 is 0 Å². The lowest BCUT2D eigenvalue weighted by atomic mass is 9.86. The normalized spacial score (nSPS) is 16.8. The zero-order valence-corrected chi connectivity index (χ0v) is 17.1. The van der Waals surface area contributed by atoms with E-state index >= 15 is 0 Å². The van der Waals surface area contributed by atoms with Crippen LogP contribution in [0.2, 0.25) is 0 Å². The van der Waals surface area contributed by atoms with Gasteiger partial charge in [-0.2, -0.15) is 0 Å². The van der Waals surface area contributed by atoms with Crippen molar-refractivity contribution >= 4 is 5.69 Å². The van der Waals surface area contributed by atoms with Gasteiger partial charge in [0, 0.05) is 5.69 Å². The molecule has 0 aliphatic carbocycles. The van der Waals surface area contributed by atoms with Crippen molar-refractivity contribution in [2.75, 3.05) is 44.2 Å². The average molecular weight is 388 g/mol. The molecule has 2 N–H and O–H groups in total. The van der Waals surface area contributed by atoms with Crippen molar-refractivity contribution in [1.29, 1.82) is 0 Å². The number of nitrogens with zero attached hydrogens (tertiary/aromatic N) is 1. The fourth-order valence-corrected chi connectivity index (χ4v) is 3.73. The molecule has 0 spiro atoms. The molecule has 3 rings (SSSR count). The first-order chi connectivity index (χ1) is 13.3. The van der Waals surface area contributed by atoms with Crippen molar-refractivity contribution in [2.45, 2.75) is 32.3 Å². The van der Waals surface area contributed by atoms with Gasteiger partial charge in [-0.25, -0.2) is 4.39 Å². The maximum absolute atomic E-state index is 13.1. The highest BCUT2D eigenvalue weighted by Crippen LogP contribution is 2.30. The molecule has 28 heavy (non-hydrogen) atoms. The first-order valence-corrected chi connectivity index (χ1v) is 10.1. The third kappa shape index (κ3) is 5.46. The van der Waals surface area contributed by atoms with Crippen LogP contribution in [0.25, 0.3) is 0 Å². The van der Waals surface area contributed by atoms with Crippen LogP contribution in [0.4, 0.5) is 10.1 Å². The maximum Gasteiger partial charge on any atom is 0.137 e. The lowest BCUT2D eigenvalue weighted by Crippen LogP contribution is -3.16. The number of halogens is 1. The fourth-order valence-electron chi connectivity index (χ4n) is 3.73. The van der Waals surface area contributed by atoms with E-state index in [0.29, 0.717) is 13.2 Å². The standard InChI is InChI=1S/C23H31FN2O2/c1-23(2,3)21-6-4-5-7-22(21)28-17-20(27)16-25-12-14-26(15-13-25)19-10-8-18(24)9-11-19/h4-11,20,27H,12-17H2,1-3H3/p+1/t20-/m0/s1. The highest BCUT2D eigenvalue weighted by molar-refractivity contribution is 5.46. The summed E-state index contributed by atoms with van der Waals surface area (Å²) in [5.41, 5.74) is 2.22. The zero-order valence-electron chi connectivity index (χ0n) is 17.1. The van der Waals surface area contributed by atoms with Crippen molar-refractivity contribution in [3.05, 3.63) is 59.9 Å². The van der Waals surface area contributed by atoms with Crippen LogP contribution in [0, 0.1) is 5.82 Å². The summed E-state index contributed by atoms with van der Waals surface area (Å²) in [5.74, 6) is 0.648. The molecule has 0 radical (unpaired) electrons. The first kappa shape index (κ1) is 20.6. The number of hydrogen-bond acceptors (Lipinski definition) is 3. The van der Waals surface area contributed by atoms with Gasteiger partial charge in [-0.15, -0.1) is 0 Å². The third-order valence-corrected chi connectivity index (χ3v) is 5.31. The van der Waals surface area contributed by atoms with E-state index in [-0.39, 0.29) is 11.2 Å². The Labute approximate surface area is 167 Å². The summed E-state index contributed by atoms with van der Waals surface area (Å²) < 4.78 is 19.0. The van der Waals surface area contributed by atoms with Crippen molar-refractivity contribution in [1.82, 2.24) is 0 Å². The average Bonchev–Trinajstić information content (AvgIpc) is 2.67. The number of piperazine rings is 1. The van der Waals surface area contributed by atoms with Crippen molar-refractivity contribution < 1.29 is 19.1 Å². The molecule has 1 aliphatic rings. The molecule has 2 aromatic carbocycles. The molecule has 0 aromatic heterocycles. The number of aliphatic hydroxyl groups excluding tert-OH is 1. The molecule has 0 amide bonds. The number of quaternary nitrogens is 1. The van der Waals surface area contributed by atoms with Crippen LogP contribution >= 0.6 is 0 Å². The quantitative estimate of drug-likeness (QED) is 0.799. The molecule has 0 unspecified atom stereocenters. The highest BCUT2D eigenvalue weighted by atomic mass is 19.1. The number of aliphatic hydroxyl groups is 1. The number of ether oxygens (including phenoxy) is 1. The van der Waals surface area contributed by atoms with Crippen LogP contribution in [0.3, 0.4) is 0 Å². The van der Waals surface area contributed by atoms with Crippen LogP contribution in [-0.2, 0) is 5.41 Å². The summed E-state index contributed by atoms with van der Waals surface area (Å²) in [4.78, 5) is 3.64. The summed E-state index contributed by atoms with van der Waals surface area (Å²) in [6, 6.07) is 14.7. The number of benzene rings is 2. The Kier molecular flexibility index (Phi) is 6.57. The van der Waals surface area contributed by atoms with Gasteiger partial charge in [0.25, 0.3) is 0 Å². The van der Waals surface area contributed by atoms with E-state index in [4.69, 9.17) is 4.74 Å². The van der Waals surface area contributed by atoms with Crippen LogP contribution in [0.5, 0.6) is 5.75 Å². The van der Waals surface area contributed by atoms with E-state index < -0.39 is 6.10 Å². The molecule has 1 heterocycles. The van der Waals surface area contributed by atoms with Gasteiger partial charge in [0.1, 0.15) is 30.8 Å². The smallest absolute Gasteiger partial charge is 0.137 e. The van der Waals surface area contributed by atoms with E-state index in [1.807, 2.05) is 30.3 Å². The predicted molar refractivity (Wildman–Crippen MR) is 111 cm³/mol. The summed E-state index contributed by atoms with van der Waals surface area (Å²) in [7, 11) is 0. The molecular weight excluding hydrogens is 355 g/mol. The Morgan fingerprint density at radius 1 is 1.07 bits per heavy atom. The molecule has 5 heteroatoms. The fraction of sp³-hybridized carbons (Fsp3) is 0.478. The number of anilines is 1. The Balaban J connectivity index is 1.46. The Morgan fingerprint density at radius 3 is 2.36 bits per heavy atom. The second-order valence-electron chi connectivity index (χ2n) is 8.63. The molecular formula is C23H32FN2O2+. The number of rotatable bonds is 6. The zero-order chi connectivity index (χ0) is 20.1. The second kappa shape index (κ2) is 8.93. The topological polar surface area (TPSA) is 37.1 Å². The largest absolute Gasteiger partial charge is 0.490 e. The van der Waals surface area contributed by atoms with Crippen molar-refractivity contribution in [3.63, 3.8) is 0 Å². The van der Waals surface area contributed by atoms with Gasteiger partial charge in [-0.3, -0.25) is 0 Å². The number of hydrogen-bond donors (Lipinski definition) is 2.